The van der Waals surface area contributed by atoms with Gasteiger partial charge in [-0.1, -0.05) is 123 Å². The van der Waals surface area contributed by atoms with E-state index in [1.807, 2.05) is 40.3 Å². The van der Waals surface area contributed by atoms with Gasteiger partial charge in [0, 0.05) is 40.0 Å². The third kappa shape index (κ3) is 6.92. The van der Waals surface area contributed by atoms with Gasteiger partial charge < -0.3 is 4.74 Å². The second-order valence-corrected chi connectivity index (χ2v) is 18.9. The van der Waals surface area contributed by atoms with Crippen molar-refractivity contribution in [2.24, 2.45) is 0 Å². The highest BCUT2D eigenvalue weighted by Crippen LogP contribution is 2.50. The number of ether oxygens (including phenoxy) is 1. The van der Waals surface area contributed by atoms with Gasteiger partial charge in [0.25, 0.3) is 11.1 Å². The number of methoxy groups -OCH3 is 1. The SMILES string of the molecule is C=C(C)Cn1c(SCCCSc2nc3c(c(=O)n2-c2ccc(OC)cc2)C2(CCCCC2)Cc2ccccc2-3)nc2c(c1=O)C1(CCCCC1)Cc1ccccc1-2. The van der Waals surface area contributed by atoms with E-state index in [9.17, 15) is 4.79 Å². The van der Waals surface area contributed by atoms with Gasteiger partial charge in [-0.05, 0) is 87.3 Å². The van der Waals surface area contributed by atoms with Crippen molar-refractivity contribution in [2.75, 3.05) is 18.6 Å². The van der Waals surface area contributed by atoms with Crippen LogP contribution in [0.3, 0.4) is 0 Å². The van der Waals surface area contributed by atoms with Crippen LogP contribution in [0.1, 0.15) is 99.8 Å². The van der Waals surface area contributed by atoms with Crippen LogP contribution >= 0.6 is 23.5 Å². The second-order valence-electron chi connectivity index (χ2n) is 16.8. The minimum Gasteiger partial charge on any atom is -0.497 e. The topological polar surface area (TPSA) is 79.0 Å². The Morgan fingerprint density at radius 2 is 1.21 bits per heavy atom. The number of allylic oxidation sites excluding steroid dienone is 1. The third-order valence-electron chi connectivity index (χ3n) is 13.0. The van der Waals surface area contributed by atoms with Gasteiger partial charge in [0.15, 0.2) is 10.3 Å². The molecule has 4 aliphatic rings. The fourth-order valence-corrected chi connectivity index (χ4v) is 12.4. The van der Waals surface area contributed by atoms with Crippen molar-refractivity contribution in [3.05, 3.63) is 128 Å². The molecular weight excluding hydrogens is 745 g/mol. The predicted octanol–water partition coefficient (Wildman–Crippen LogP) is 10.5. The van der Waals surface area contributed by atoms with Gasteiger partial charge in [-0.2, -0.15) is 0 Å². The molecule has 2 heterocycles. The maximum Gasteiger partial charge on any atom is 0.263 e. The first-order chi connectivity index (χ1) is 27.8. The first-order valence-electron chi connectivity index (χ1n) is 20.8. The summed E-state index contributed by atoms with van der Waals surface area (Å²) in [4.78, 5) is 40.6. The number of hydrogen-bond donors (Lipinski definition) is 0. The van der Waals surface area contributed by atoms with Gasteiger partial charge in [0.1, 0.15) is 5.75 Å². The Balaban J connectivity index is 1.04. The molecule has 0 amide bonds. The summed E-state index contributed by atoms with van der Waals surface area (Å²) in [6.07, 6.45) is 13.7. The van der Waals surface area contributed by atoms with Crippen molar-refractivity contribution in [3.8, 4) is 34.0 Å². The first-order valence-corrected chi connectivity index (χ1v) is 22.8. The van der Waals surface area contributed by atoms with E-state index < -0.39 is 0 Å². The van der Waals surface area contributed by atoms with Crippen LogP contribution in [0, 0.1) is 0 Å². The highest BCUT2D eigenvalue weighted by Gasteiger charge is 2.45. The van der Waals surface area contributed by atoms with Crippen LogP contribution in [-0.2, 0) is 30.2 Å². The lowest BCUT2D eigenvalue weighted by molar-refractivity contribution is 0.282. The number of rotatable bonds is 10. The van der Waals surface area contributed by atoms with Gasteiger partial charge in [-0.15, -0.1) is 0 Å². The molecule has 9 rings (SSSR count). The number of hydrogen-bond acceptors (Lipinski definition) is 7. The van der Waals surface area contributed by atoms with E-state index in [1.165, 1.54) is 24.0 Å². The molecule has 0 unspecified atom stereocenters. The predicted molar refractivity (Wildman–Crippen MR) is 234 cm³/mol. The summed E-state index contributed by atoms with van der Waals surface area (Å²) >= 11 is 3.29. The van der Waals surface area contributed by atoms with E-state index in [4.69, 9.17) is 14.7 Å². The number of nitrogens with zero attached hydrogens (tertiary/aromatic N) is 4. The summed E-state index contributed by atoms with van der Waals surface area (Å²) in [5.41, 5.74) is 9.91. The van der Waals surface area contributed by atoms with Crippen LogP contribution in [0.25, 0.3) is 28.2 Å². The molecule has 5 aromatic rings. The van der Waals surface area contributed by atoms with E-state index in [2.05, 4.69) is 55.1 Å². The summed E-state index contributed by atoms with van der Waals surface area (Å²) in [5, 5.41) is 1.46. The quantitative estimate of drug-likeness (QED) is 0.0603. The largest absolute Gasteiger partial charge is 0.497 e. The van der Waals surface area contributed by atoms with Crippen LogP contribution in [0.4, 0.5) is 0 Å². The van der Waals surface area contributed by atoms with Crippen LogP contribution in [-0.4, -0.2) is 37.7 Å². The normalized spacial score (nSPS) is 17.4. The highest BCUT2D eigenvalue weighted by atomic mass is 32.2. The van der Waals surface area contributed by atoms with E-state index in [1.54, 1.807) is 30.6 Å². The van der Waals surface area contributed by atoms with Gasteiger partial charge in [0.05, 0.1) is 35.3 Å². The molecule has 2 fully saturated rings. The summed E-state index contributed by atoms with van der Waals surface area (Å²) in [7, 11) is 1.66. The molecule has 0 saturated heterocycles. The van der Waals surface area contributed by atoms with Crippen molar-refractivity contribution in [1.82, 2.24) is 19.1 Å². The molecule has 0 N–H and O–H groups in total. The molecule has 57 heavy (non-hydrogen) atoms. The molecule has 2 aromatic heterocycles. The minimum atomic E-state index is -0.196. The maximum atomic E-state index is 15.0. The average molecular weight is 797 g/mol. The highest BCUT2D eigenvalue weighted by molar-refractivity contribution is 8.00. The Kier molecular flexibility index (Phi) is 10.6. The van der Waals surface area contributed by atoms with Crippen molar-refractivity contribution >= 4 is 23.5 Å². The monoisotopic (exact) mass is 796 g/mol. The molecule has 0 radical (unpaired) electrons. The summed E-state index contributed by atoms with van der Waals surface area (Å²) in [5.74, 6) is 2.27. The molecule has 3 aromatic carbocycles. The second kappa shape index (κ2) is 15.8. The zero-order valence-electron chi connectivity index (χ0n) is 33.3. The number of fused-ring (bicyclic) bond motifs is 8. The smallest absolute Gasteiger partial charge is 0.263 e. The first kappa shape index (κ1) is 38.2. The standard InChI is InChI=1S/C48H52N4O3S2/c1-32(2)31-51-43(53)39-41(37-17-8-6-15-33(37)29-47(39)23-10-4-11-24-47)49-45(51)56-27-14-28-57-46-50-42-38-18-9-7-16-34(38)30-48(25-12-5-13-26-48)40(42)44(54)52(46)35-19-21-36(55-3)22-20-35/h6-9,15-22H,1,4-5,10-14,23-31H2,2-3H3. The lowest BCUT2D eigenvalue weighted by Gasteiger charge is -2.42. The van der Waals surface area contributed by atoms with Crippen LogP contribution < -0.4 is 15.9 Å². The molecule has 2 saturated carbocycles. The van der Waals surface area contributed by atoms with Crippen LogP contribution in [0.5, 0.6) is 5.75 Å². The van der Waals surface area contributed by atoms with Gasteiger partial charge in [0.2, 0.25) is 0 Å². The average Bonchev–Trinajstić information content (AvgIpc) is 3.22. The van der Waals surface area contributed by atoms with Crippen LogP contribution in [0.2, 0.25) is 0 Å². The van der Waals surface area contributed by atoms with E-state index in [-0.39, 0.29) is 21.9 Å². The summed E-state index contributed by atoms with van der Waals surface area (Å²) in [6.45, 7) is 6.66. The zero-order valence-corrected chi connectivity index (χ0v) is 34.9. The minimum absolute atomic E-state index is 0.0523. The summed E-state index contributed by atoms with van der Waals surface area (Å²) < 4.78 is 9.24. The fraction of sp³-hybridized carbons (Fsp3) is 0.417. The Morgan fingerprint density at radius 3 is 1.75 bits per heavy atom. The van der Waals surface area contributed by atoms with Crippen molar-refractivity contribution < 1.29 is 4.74 Å². The fourth-order valence-electron chi connectivity index (χ4n) is 10.4. The van der Waals surface area contributed by atoms with E-state index in [0.717, 1.165) is 138 Å². The van der Waals surface area contributed by atoms with E-state index >= 15 is 4.79 Å². The van der Waals surface area contributed by atoms with Gasteiger partial charge in [-0.25, -0.2) is 9.97 Å². The number of benzene rings is 3. The van der Waals surface area contributed by atoms with Gasteiger partial charge >= 0.3 is 0 Å². The Labute approximate surface area is 344 Å². The molecule has 9 heteroatoms. The lowest BCUT2D eigenvalue weighted by Crippen LogP contribution is -2.43. The molecule has 294 valence electrons. The summed E-state index contributed by atoms with van der Waals surface area (Å²) in [6, 6.07) is 24.9. The van der Waals surface area contributed by atoms with Crippen molar-refractivity contribution in [1.29, 1.82) is 0 Å². The number of aromatic nitrogens is 4. The number of thioether (sulfide) groups is 2. The van der Waals surface area contributed by atoms with Crippen molar-refractivity contribution in [3.63, 3.8) is 0 Å². The molecule has 0 atom stereocenters. The molecule has 2 spiro atoms. The van der Waals surface area contributed by atoms with Gasteiger partial charge in [-0.3, -0.25) is 18.7 Å². The molecule has 4 aliphatic carbocycles. The van der Waals surface area contributed by atoms with E-state index in [0.29, 0.717) is 11.7 Å². The molecule has 0 bridgehead atoms. The lowest BCUT2D eigenvalue weighted by atomic mass is 9.62. The Hall–Kier alpha value is -4.34. The van der Waals surface area contributed by atoms with Crippen molar-refractivity contribution in [2.45, 2.75) is 118 Å². The van der Waals surface area contributed by atoms with Crippen LogP contribution in [0.15, 0.2) is 105 Å². The Morgan fingerprint density at radius 1 is 0.702 bits per heavy atom. The molecule has 0 aliphatic heterocycles. The zero-order chi connectivity index (χ0) is 39.1. The maximum absolute atomic E-state index is 15.0. The third-order valence-corrected chi connectivity index (χ3v) is 15.1. The molecular formula is C48H52N4O3S2. The molecule has 7 nitrogen and oxygen atoms in total. The Bertz CT molecular complexity index is 2460.